The molecule has 0 spiro atoms. The van der Waals surface area contributed by atoms with Crippen LogP contribution in [0.1, 0.15) is 46.5 Å². The number of hydrogen-bond donors (Lipinski definition) is 1. The second-order valence-corrected chi connectivity index (χ2v) is 6.49. The van der Waals surface area contributed by atoms with Gasteiger partial charge in [-0.2, -0.15) is 10.4 Å². The first kappa shape index (κ1) is 18.3. The van der Waals surface area contributed by atoms with Gasteiger partial charge in [-0.25, -0.2) is 0 Å². The van der Waals surface area contributed by atoms with Crippen molar-refractivity contribution in [3.63, 3.8) is 0 Å². The van der Waals surface area contributed by atoms with Gasteiger partial charge in [0.15, 0.2) is 0 Å². The highest BCUT2D eigenvalue weighted by Gasteiger charge is 2.44. The molecule has 1 aromatic carbocycles. The number of rotatable bonds is 5. The predicted octanol–water partition coefficient (Wildman–Crippen LogP) is 1.94. The zero-order chi connectivity index (χ0) is 19.7. The van der Waals surface area contributed by atoms with Crippen molar-refractivity contribution >= 4 is 23.5 Å². The molecule has 2 unspecified atom stereocenters. The van der Waals surface area contributed by atoms with Crippen LogP contribution in [0.3, 0.4) is 0 Å². The van der Waals surface area contributed by atoms with E-state index in [1.165, 1.54) is 10.9 Å². The van der Waals surface area contributed by atoms with E-state index in [2.05, 4.69) is 10.4 Å². The number of nitrogens with one attached hydrogen (secondary N) is 1. The molecule has 138 valence electrons. The largest absolute Gasteiger partial charge is 0.308 e. The first-order chi connectivity index (χ1) is 12.9. The van der Waals surface area contributed by atoms with Crippen LogP contribution < -0.4 is 5.32 Å². The topological polar surface area (TPSA) is 108 Å². The molecule has 1 N–H and O–H groups in total. The van der Waals surface area contributed by atoms with Crippen molar-refractivity contribution < 1.29 is 14.4 Å². The van der Waals surface area contributed by atoms with Crippen LogP contribution in [0.25, 0.3) is 0 Å². The maximum absolute atomic E-state index is 13.1. The van der Waals surface area contributed by atoms with Crippen molar-refractivity contribution in [1.29, 1.82) is 5.26 Å². The molecule has 3 rings (SSSR count). The van der Waals surface area contributed by atoms with Gasteiger partial charge in [0.2, 0.25) is 5.91 Å². The van der Waals surface area contributed by atoms with Crippen LogP contribution >= 0.6 is 0 Å². The van der Waals surface area contributed by atoms with Crippen LogP contribution in [0, 0.1) is 17.2 Å². The zero-order valence-electron chi connectivity index (χ0n) is 15.3. The highest BCUT2D eigenvalue weighted by molar-refractivity contribution is 6.23. The lowest BCUT2D eigenvalue weighted by Crippen LogP contribution is -2.50. The zero-order valence-corrected chi connectivity index (χ0v) is 15.3. The smallest absolute Gasteiger partial charge is 0.262 e. The van der Waals surface area contributed by atoms with E-state index >= 15 is 0 Å². The molecule has 2 heterocycles. The van der Waals surface area contributed by atoms with Crippen molar-refractivity contribution in [2.24, 2.45) is 13.0 Å². The van der Waals surface area contributed by atoms with Crippen molar-refractivity contribution in [3.05, 3.63) is 47.2 Å². The number of aryl methyl sites for hydroxylation is 1. The third-order valence-corrected chi connectivity index (χ3v) is 4.86. The molecular weight excluding hydrogens is 346 g/mol. The van der Waals surface area contributed by atoms with E-state index in [-0.39, 0.29) is 17.3 Å². The second kappa shape index (κ2) is 7.03. The van der Waals surface area contributed by atoms with E-state index in [1.54, 1.807) is 31.3 Å². The fourth-order valence-electron chi connectivity index (χ4n) is 3.17. The van der Waals surface area contributed by atoms with Gasteiger partial charge in [-0.15, -0.1) is 0 Å². The SMILES string of the molecule is CCC(C)C(C(=O)Nc1c(C#N)cnn1C)N1C(=O)c2ccccc2C1=O. The quantitative estimate of drug-likeness (QED) is 0.815. The normalized spacial score (nSPS) is 15.3. The van der Waals surface area contributed by atoms with Gasteiger partial charge in [-0.3, -0.25) is 24.0 Å². The third kappa shape index (κ3) is 2.97. The Bertz CT molecular complexity index is 937. The van der Waals surface area contributed by atoms with Crippen molar-refractivity contribution in [1.82, 2.24) is 14.7 Å². The average molecular weight is 365 g/mol. The monoisotopic (exact) mass is 365 g/mol. The highest BCUT2D eigenvalue weighted by atomic mass is 16.2. The standard InChI is InChI=1S/C19H19N5O3/c1-4-11(2)15(17(25)22-16-12(9-20)10-21-23(16)3)24-18(26)13-7-5-6-8-14(13)19(24)27/h5-8,10-11,15H,4H2,1-3H3,(H,22,25). The van der Waals surface area contributed by atoms with Gasteiger partial charge >= 0.3 is 0 Å². The molecule has 8 nitrogen and oxygen atoms in total. The first-order valence-corrected chi connectivity index (χ1v) is 8.60. The number of carbonyl (C=O) groups excluding carboxylic acids is 3. The number of imide groups is 1. The van der Waals surface area contributed by atoms with Crippen molar-refractivity contribution in [3.8, 4) is 6.07 Å². The molecular formula is C19H19N5O3. The van der Waals surface area contributed by atoms with Crippen LogP contribution in [0.2, 0.25) is 0 Å². The van der Waals surface area contributed by atoms with E-state index < -0.39 is 23.8 Å². The Hall–Kier alpha value is -3.47. The number of nitriles is 1. The molecule has 0 fully saturated rings. The summed E-state index contributed by atoms with van der Waals surface area (Å²) >= 11 is 0. The average Bonchev–Trinajstić information content (AvgIpc) is 3.14. The summed E-state index contributed by atoms with van der Waals surface area (Å²) in [7, 11) is 1.59. The summed E-state index contributed by atoms with van der Waals surface area (Å²) in [6, 6.07) is 7.48. The van der Waals surface area contributed by atoms with Crippen LogP contribution in [0.15, 0.2) is 30.5 Å². The number of amides is 3. The summed E-state index contributed by atoms with van der Waals surface area (Å²) in [5.74, 6) is -1.54. The molecule has 27 heavy (non-hydrogen) atoms. The molecule has 0 saturated heterocycles. The Morgan fingerprint density at radius 3 is 2.37 bits per heavy atom. The number of aromatic nitrogens is 2. The summed E-state index contributed by atoms with van der Waals surface area (Å²) in [4.78, 5) is 39.7. The molecule has 1 aromatic heterocycles. The van der Waals surface area contributed by atoms with E-state index in [4.69, 9.17) is 0 Å². The Kier molecular flexibility index (Phi) is 4.77. The van der Waals surface area contributed by atoms with E-state index in [0.717, 1.165) is 4.90 Å². The number of hydrogen-bond acceptors (Lipinski definition) is 5. The summed E-state index contributed by atoms with van der Waals surface area (Å²) in [6.45, 7) is 3.69. The Morgan fingerprint density at radius 1 is 1.26 bits per heavy atom. The van der Waals surface area contributed by atoms with Crippen LogP contribution in [0.5, 0.6) is 0 Å². The van der Waals surface area contributed by atoms with Crippen LogP contribution in [-0.2, 0) is 11.8 Å². The summed E-state index contributed by atoms with van der Waals surface area (Å²) in [5.41, 5.74) is 0.791. The first-order valence-electron chi connectivity index (χ1n) is 8.60. The lowest BCUT2D eigenvalue weighted by molar-refractivity contribution is -0.121. The van der Waals surface area contributed by atoms with E-state index in [0.29, 0.717) is 17.5 Å². The van der Waals surface area contributed by atoms with Gasteiger partial charge in [-0.05, 0) is 18.1 Å². The Morgan fingerprint density at radius 2 is 1.85 bits per heavy atom. The van der Waals surface area contributed by atoms with Crippen LogP contribution in [-0.4, -0.2) is 38.4 Å². The highest BCUT2D eigenvalue weighted by Crippen LogP contribution is 2.29. The van der Waals surface area contributed by atoms with Gasteiger partial charge in [0, 0.05) is 7.05 Å². The number of nitrogens with zero attached hydrogens (tertiary/aromatic N) is 4. The number of fused-ring (bicyclic) bond motifs is 1. The maximum Gasteiger partial charge on any atom is 0.262 e. The number of anilines is 1. The maximum atomic E-state index is 13.1. The minimum atomic E-state index is -0.996. The molecule has 2 atom stereocenters. The third-order valence-electron chi connectivity index (χ3n) is 4.86. The number of benzene rings is 1. The molecule has 0 radical (unpaired) electrons. The minimum Gasteiger partial charge on any atom is -0.308 e. The number of carbonyl (C=O) groups is 3. The van der Waals surface area contributed by atoms with Gasteiger partial charge in [0.05, 0.1) is 17.3 Å². The summed E-state index contributed by atoms with van der Waals surface area (Å²) in [5, 5.41) is 15.8. The van der Waals surface area contributed by atoms with Gasteiger partial charge in [0.25, 0.3) is 11.8 Å². The predicted molar refractivity (Wildman–Crippen MR) is 96.7 cm³/mol. The summed E-state index contributed by atoms with van der Waals surface area (Å²) in [6.07, 6.45) is 1.93. The van der Waals surface area contributed by atoms with Crippen LogP contribution in [0.4, 0.5) is 5.82 Å². The molecule has 1 aliphatic heterocycles. The molecule has 8 heteroatoms. The molecule has 2 aromatic rings. The van der Waals surface area contributed by atoms with E-state index in [9.17, 15) is 19.6 Å². The van der Waals surface area contributed by atoms with Crippen molar-refractivity contribution in [2.45, 2.75) is 26.3 Å². The fourth-order valence-corrected chi connectivity index (χ4v) is 3.17. The van der Waals surface area contributed by atoms with Crippen molar-refractivity contribution in [2.75, 3.05) is 5.32 Å². The molecule has 0 bridgehead atoms. The van der Waals surface area contributed by atoms with Gasteiger partial charge < -0.3 is 5.32 Å². The molecule has 1 aliphatic rings. The summed E-state index contributed by atoms with van der Waals surface area (Å²) < 4.78 is 1.37. The van der Waals surface area contributed by atoms with Gasteiger partial charge in [0.1, 0.15) is 23.5 Å². The Balaban J connectivity index is 1.97. The fraction of sp³-hybridized carbons (Fsp3) is 0.316. The molecule has 0 aliphatic carbocycles. The lowest BCUT2D eigenvalue weighted by Gasteiger charge is -2.29. The van der Waals surface area contributed by atoms with Gasteiger partial charge in [-0.1, -0.05) is 32.4 Å². The minimum absolute atomic E-state index is 0.205. The molecule has 3 amide bonds. The lowest BCUT2D eigenvalue weighted by atomic mass is 9.96. The van der Waals surface area contributed by atoms with E-state index in [1.807, 2.05) is 19.9 Å². The Labute approximate surface area is 156 Å². The second-order valence-electron chi connectivity index (χ2n) is 6.49. The molecule has 0 saturated carbocycles.